The van der Waals surface area contributed by atoms with E-state index < -0.39 is 33.2 Å². The molecule has 2 saturated heterocycles. The predicted molar refractivity (Wildman–Crippen MR) is 166 cm³/mol. The van der Waals surface area contributed by atoms with Crippen molar-refractivity contribution in [3.63, 3.8) is 0 Å². The second-order valence-electron chi connectivity index (χ2n) is 11.1. The normalized spacial score (nSPS) is 20.7. The molecule has 0 bridgehead atoms. The standard InChI is InChI=1S/C29H32ClN5O6S.H2S/c30-20-7-8-22(34-16-12-28(38,13-17-34)24-4-1-2-14-31-24)23(18-20)41-29(10-11-29)27(37)33-42(39,40)26-6-3-5-25(32-26)35-15-9-21(36)19-35;/h1-8,14,18,21,36,38H,9-13,15-17,19H2,(H,33,37);1H2/t21-;/m0./s1. The maximum absolute atomic E-state index is 13.3. The first-order valence-electron chi connectivity index (χ1n) is 13.9. The maximum atomic E-state index is 13.3. The minimum Gasteiger partial charge on any atom is -0.475 e. The van der Waals surface area contributed by atoms with Crippen LogP contribution < -0.4 is 19.3 Å². The Hall–Kier alpha value is -3.10. The van der Waals surface area contributed by atoms with Crippen LogP contribution in [0.2, 0.25) is 5.02 Å². The Bertz CT molecular complexity index is 1580. The molecule has 1 aromatic carbocycles. The van der Waals surface area contributed by atoms with Gasteiger partial charge in [-0.25, -0.2) is 9.71 Å². The van der Waals surface area contributed by atoms with Crippen LogP contribution in [0.4, 0.5) is 11.5 Å². The molecule has 1 saturated carbocycles. The third-order valence-electron chi connectivity index (χ3n) is 8.12. The van der Waals surface area contributed by atoms with Crippen molar-refractivity contribution in [2.75, 3.05) is 36.0 Å². The lowest BCUT2D eigenvalue weighted by atomic mass is 9.87. The Labute approximate surface area is 262 Å². The lowest BCUT2D eigenvalue weighted by Crippen LogP contribution is -2.45. The van der Waals surface area contributed by atoms with E-state index in [2.05, 4.69) is 19.6 Å². The highest BCUT2D eigenvalue weighted by molar-refractivity contribution is 7.90. The molecule has 6 rings (SSSR count). The molecular formula is C29H34ClN5O6S2. The number of aliphatic hydroxyl groups is 2. The van der Waals surface area contributed by atoms with Gasteiger partial charge in [0.2, 0.25) is 0 Å². The van der Waals surface area contributed by atoms with Gasteiger partial charge in [-0.15, -0.1) is 0 Å². The number of anilines is 2. The van der Waals surface area contributed by atoms with Crippen molar-refractivity contribution in [3.8, 4) is 5.75 Å². The summed E-state index contributed by atoms with van der Waals surface area (Å²) in [5.41, 5.74) is -1.08. The molecule has 3 N–H and O–H groups in total. The molecule has 2 aliphatic heterocycles. The number of aromatic nitrogens is 2. The highest BCUT2D eigenvalue weighted by Crippen LogP contribution is 2.45. The van der Waals surface area contributed by atoms with Crippen molar-refractivity contribution >= 4 is 52.5 Å². The van der Waals surface area contributed by atoms with Gasteiger partial charge in [0.1, 0.15) is 17.2 Å². The summed E-state index contributed by atoms with van der Waals surface area (Å²) < 4.78 is 34.7. The molecule has 0 unspecified atom stereocenters. The molecule has 1 amide bonds. The van der Waals surface area contributed by atoms with Crippen LogP contribution >= 0.6 is 25.1 Å². The molecule has 1 aliphatic carbocycles. The summed E-state index contributed by atoms with van der Waals surface area (Å²) in [6, 6.07) is 15.2. The van der Waals surface area contributed by atoms with E-state index >= 15 is 0 Å². The summed E-state index contributed by atoms with van der Waals surface area (Å²) >= 11 is 6.30. The molecule has 11 nitrogen and oxygen atoms in total. The minimum atomic E-state index is -4.29. The number of aliphatic hydroxyl groups excluding tert-OH is 1. The number of pyridine rings is 2. The number of β-amino-alcohol motifs (C(OH)–C–C–N with tert-alkyl or cyclic N) is 1. The smallest absolute Gasteiger partial charge is 0.281 e. The van der Waals surface area contributed by atoms with Gasteiger partial charge in [0.15, 0.2) is 10.6 Å². The first kappa shape index (κ1) is 31.3. The second kappa shape index (κ2) is 12.1. The van der Waals surface area contributed by atoms with Gasteiger partial charge in [-0.05, 0) is 55.7 Å². The van der Waals surface area contributed by atoms with Gasteiger partial charge in [0, 0.05) is 56.3 Å². The van der Waals surface area contributed by atoms with Crippen molar-refractivity contribution in [2.45, 2.75) is 54.4 Å². The molecule has 4 heterocycles. The van der Waals surface area contributed by atoms with E-state index in [0.29, 0.717) is 86.3 Å². The number of amides is 1. The van der Waals surface area contributed by atoms with Gasteiger partial charge in [-0.2, -0.15) is 21.9 Å². The first-order chi connectivity index (χ1) is 20.1. The maximum Gasteiger partial charge on any atom is 0.281 e. The summed E-state index contributed by atoms with van der Waals surface area (Å²) in [5, 5.41) is 21.2. The van der Waals surface area contributed by atoms with Crippen LogP contribution in [0.1, 0.15) is 37.8 Å². The Morgan fingerprint density at radius 3 is 2.44 bits per heavy atom. The monoisotopic (exact) mass is 647 g/mol. The van der Waals surface area contributed by atoms with Crippen LogP contribution in [0, 0.1) is 0 Å². The van der Waals surface area contributed by atoms with Gasteiger partial charge >= 0.3 is 0 Å². The highest BCUT2D eigenvalue weighted by atomic mass is 35.5. The number of ether oxygens (including phenoxy) is 1. The van der Waals surface area contributed by atoms with Crippen LogP contribution in [-0.4, -0.2) is 72.4 Å². The molecule has 2 aromatic heterocycles. The van der Waals surface area contributed by atoms with Crippen LogP contribution in [0.3, 0.4) is 0 Å². The van der Waals surface area contributed by atoms with Crippen LogP contribution in [0.25, 0.3) is 0 Å². The minimum absolute atomic E-state index is 0. The van der Waals surface area contributed by atoms with Crippen LogP contribution in [0.5, 0.6) is 5.75 Å². The van der Waals surface area contributed by atoms with Gasteiger partial charge in [0.25, 0.3) is 15.9 Å². The number of carbonyl (C=O) groups is 1. The predicted octanol–water partition coefficient (Wildman–Crippen LogP) is 2.72. The zero-order chi connectivity index (χ0) is 29.5. The second-order valence-corrected chi connectivity index (χ2v) is 13.2. The molecule has 0 spiro atoms. The topological polar surface area (TPSA) is 145 Å². The van der Waals surface area contributed by atoms with Crippen molar-refractivity contribution in [2.24, 2.45) is 0 Å². The fourth-order valence-electron chi connectivity index (χ4n) is 5.49. The SMILES string of the molecule is O=C(NS(=O)(=O)c1cccc(N2CC[C@H](O)C2)n1)C1(Oc2cc(Cl)ccc2N2CCC(O)(c3ccccn3)CC2)CC1.S. The highest BCUT2D eigenvalue weighted by Gasteiger charge is 2.54. The number of benzene rings is 1. The third-order valence-corrected chi connectivity index (χ3v) is 9.58. The van der Waals surface area contributed by atoms with Crippen LogP contribution in [0.15, 0.2) is 65.8 Å². The Kier molecular flexibility index (Phi) is 8.83. The van der Waals surface area contributed by atoms with Gasteiger partial charge in [-0.3, -0.25) is 9.78 Å². The molecule has 3 aromatic rings. The van der Waals surface area contributed by atoms with Crippen molar-refractivity contribution < 1.29 is 28.2 Å². The number of nitrogens with one attached hydrogen (secondary N) is 1. The average molecular weight is 648 g/mol. The number of piperidine rings is 1. The van der Waals surface area contributed by atoms with Crippen molar-refractivity contribution in [3.05, 3.63) is 71.5 Å². The first-order valence-corrected chi connectivity index (χ1v) is 15.8. The summed E-state index contributed by atoms with van der Waals surface area (Å²) in [7, 11) is -4.29. The van der Waals surface area contributed by atoms with Crippen molar-refractivity contribution in [1.29, 1.82) is 0 Å². The Morgan fingerprint density at radius 1 is 1.02 bits per heavy atom. The summed E-state index contributed by atoms with van der Waals surface area (Å²) in [6.45, 7) is 1.94. The number of hydrogen-bond donors (Lipinski definition) is 3. The number of carbonyl (C=O) groups excluding carboxylic acids is 1. The van der Waals surface area contributed by atoms with E-state index in [9.17, 15) is 23.4 Å². The molecule has 3 fully saturated rings. The zero-order valence-corrected chi connectivity index (χ0v) is 25.9. The molecular weight excluding hydrogens is 614 g/mol. The molecule has 0 radical (unpaired) electrons. The zero-order valence-electron chi connectivity index (χ0n) is 23.3. The quantitative estimate of drug-likeness (QED) is 0.334. The fraction of sp³-hybridized carbons (Fsp3) is 0.414. The number of halogens is 1. The number of sulfonamides is 1. The fourth-order valence-corrected chi connectivity index (χ4v) is 6.66. The number of nitrogens with zero attached hydrogens (tertiary/aromatic N) is 4. The molecule has 230 valence electrons. The van der Waals surface area contributed by atoms with E-state index in [1.165, 1.54) is 6.07 Å². The largest absolute Gasteiger partial charge is 0.475 e. The molecule has 43 heavy (non-hydrogen) atoms. The average Bonchev–Trinajstić information content (AvgIpc) is 3.64. The molecule has 14 heteroatoms. The third kappa shape index (κ3) is 6.55. The van der Waals surface area contributed by atoms with Gasteiger partial charge in [-0.1, -0.05) is 23.7 Å². The summed E-state index contributed by atoms with van der Waals surface area (Å²) in [5.74, 6) is 0.00300. The lowest BCUT2D eigenvalue weighted by molar-refractivity contribution is -0.127. The lowest BCUT2D eigenvalue weighted by Gasteiger charge is -2.39. The van der Waals surface area contributed by atoms with E-state index in [4.69, 9.17) is 16.3 Å². The van der Waals surface area contributed by atoms with Gasteiger partial charge < -0.3 is 24.7 Å². The Balaban J connectivity index is 0.00000368. The van der Waals surface area contributed by atoms with E-state index in [0.717, 1.165) is 0 Å². The van der Waals surface area contributed by atoms with Crippen LogP contribution in [-0.2, 0) is 20.4 Å². The van der Waals surface area contributed by atoms with Gasteiger partial charge in [0.05, 0.1) is 17.5 Å². The van der Waals surface area contributed by atoms with E-state index in [1.54, 1.807) is 41.4 Å². The number of rotatable bonds is 8. The number of hydrogen-bond acceptors (Lipinski definition) is 10. The molecule has 1 atom stereocenters. The van der Waals surface area contributed by atoms with Crippen molar-refractivity contribution in [1.82, 2.24) is 14.7 Å². The van der Waals surface area contributed by atoms with E-state index in [-0.39, 0.29) is 18.5 Å². The summed E-state index contributed by atoms with van der Waals surface area (Å²) in [4.78, 5) is 25.8. The van der Waals surface area contributed by atoms with E-state index in [1.807, 2.05) is 18.2 Å². The molecule has 3 aliphatic rings. The Morgan fingerprint density at radius 2 is 1.79 bits per heavy atom. The summed E-state index contributed by atoms with van der Waals surface area (Å²) in [6.07, 6.45) is 3.29.